The van der Waals surface area contributed by atoms with Crippen LogP contribution in [0.25, 0.3) is 0 Å². The second-order valence-electron chi connectivity index (χ2n) is 6.60. The van der Waals surface area contributed by atoms with E-state index >= 15 is 0 Å². The first-order valence-corrected chi connectivity index (χ1v) is 9.86. The van der Waals surface area contributed by atoms with Gasteiger partial charge in [0.2, 0.25) is 0 Å². The number of benzene rings is 2. The summed E-state index contributed by atoms with van der Waals surface area (Å²) in [6.45, 7) is 5.45. The van der Waals surface area contributed by atoms with Crippen molar-refractivity contribution in [2.24, 2.45) is 4.99 Å². The fourth-order valence-corrected chi connectivity index (χ4v) is 3.08. The lowest BCUT2D eigenvalue weighted by Gasteiger charge is -2.12. The van der Waals surface area contributed by atoms with Crippen LogP contribution in [0, 0.1) is 0 Å². The second kappa shape index (κ2) is 12.3. The number of halogens is 1. The third-order valence-electron chi connectivity index (χ3n) is 4.51. The molecule has 7 heteroatoms. The van der Waals surface area contributed by atoms with E-state index in [-0.39, 0.29) is 29.9 Å². The number of carbonyl (C=O) groups is 1. The van der Waals surface area contributed by atoms with Crippen molar-refractivity contribution in [1.82, 2.24) is 16.0 Å². The molecule has 2 aromatic carbocycles. The smallest absolute Gasteiger partial charge is 0.251 e. The first-order valence-electron chi connectivity index (χ1n) is 9.86. The molecule has 0 saturated carbocycles. The molecule has 1 aliphatic rings. The van der Waals surface area contributed by atoms with Crippen molar-refractivity contribution in [3.8, 4) is 5.75 Å². The van der Waals surface area contributed by atoms with Crippen LogP contribution in [0.3, 0.4) is 0 Å². The molecule has 0 radical (unpaired) electrons. The van der Waals surface area contributed by atoms with E-state index in [2.05, 4.69) is 39.1 Å². The number of amides is 1. The van der Waals surface area contributed by atoms with Crippen LogP contribution < -0.4 is 20.7 Å². The number of ether oxygens (including phenoxy) is 1. The number of nitrogens with one attached hydrogen (secondary N) is 3. The Hall–Kier alpha value is -2.29. The van der Waals surface area contributed by atoms with Crippen LogP contribution in [0.4, 0.5) is 0 Å². The monoisotopic (exact) mass is 508 g/mol. The molecule has 0 spiro atoms. The Morgan fingerprint density at radius 1 is 1.07 bits per heavy atom. The third-order valence-corrected chi connectivity index (χ3v) is 4.51. The lowest BCUT2D eigenvalue weighted by atomic mass is 10.1. The maximum atomic E-state index is 12.0. The van der Waals surface area contributed by atoms with E-state index in [9.17, 15) is 4.79 Å². The van der Waals surface area contributed by atoms with Crippen LogP contribution in [0.15, 0.2) is 53.5 Å². The minimum absolute atomic E-state index is 0. The van der Waals surface area contributed by atoms with Crippen molar-refractivity contribution in [3.05, 3.63) is 65.2 Å². The van der Waals surface area contributed by atoms with Crippen molar-refractivity contribution < 1.29 is 9.53 Å². The van der Waals surface area contributed by atoms with Gasteiger partial charge in [-0.1, -0.05) is 30.3 Å². The van der Waals surface area contributed by atoms with Gasteiger partial charge in [-0.3, -0.25) is 9.79 Å². The van der Waals surface area contributed by atoms with Gasteiger partial charge in [0, 0.05) is 38.2 Å². The minimum atomic E-state index is -0.0649. The Balaban J connectivity index is 0.00000300. The van der Waals surface area contributed by atoms with Gasteiger partial charge >= 0.3 is 0 Å². The Kier molecular flexibility index (Phi) is 9.76. The highest BCUT2D eigenvalue weighted by Gasteiger charge is 2.11. The molecular formula is C22H29IN4O2. The Morgan fingerprint density at radius 2 is 1.86 bits per heavy atom. The van der Waals surface area contributed by atoms with E-state index in [1.54, 1.807) is 12.1 Å². The van der Waals surface area contributed by atoms with Gasteiger partial charge < -0.3 is 20.7 Å². The Bertz CT molecular complexity index is 812. The summed E-state index contributed by atoms with van der Waals surface area (Å²) in [4.78, 5) is 16.7. The van der Waals surface area contributed by atoms with E-state index < -0.39 is 0 Å². The van der Waals surface area contributed by atoms with E-state index in [4.69, 9.17) is 4.74 Å². The molecule has 2 aromatic rings. The SMILES string of the molecule is CCNC(=NCCc1ccc2c(c1)CCO2)NCCNC(=O)c1ccccc1.I. The number of guanidine groups is 1. The lowest BCUT2D eigenvalue weighted by Crippen LogP contribution is -2.41. The summed E-state index contributed by atoms with van der Waals surface area (Å²) in [6.07, 6.45) is 1.87. The molecule has 1 amide bonds. The average molecular weight is 508 g/mol. The molecule has 29 heavy (non-hydrogen) atoms. The maximum Gasteiger partial charge on any atom is 0.251 e. The standard InChI is InChI=1S/C22H28N4O2.HI/c1-2-23-22(26-14-13-24-21(27)18-6-4-3-5-7-18)25-12-10-17-8-9-20-19(16-17)11-15-28-20;/h3-9,16H,2,10-15H2,1H3,(H,24,27)(H2,23,25,26);1H. The van der Waals surface area contributed by atoms with Crippen molar-refractivity contribution in [3.63, 3.8) is 0 Å². The quantitative estimate of drug-likeness (QED) is 0.222. The van der Waals surface area contributed by atoms with Crippen LogP contribution in [-0.4, -0.2) is 44.7 Å². The number of rotatable bonds is 8. The largest absolute Gasteiger partial charge is 0.493 e. The highest BCUT2D eigenvalue weighted by atomic mass is 127. The molecule has 0 saturated heterocycles. The molecule has 0 aliphatic carbocycles. The number of aliphatic imine (C=N–C) groups is 1. The summed E-state index contributed by atoms with van der Waals surface area (Å²) in [5, 5.41) is 9.40. The number of hydrogen-bond acceptors (Lipinski definition) is 3. The predicted molar refractivity (Wildman–Crippen MR) is 128 cm³/mol. The molecule has 156 valence electrons. The van der Waals surface area contributed by atoms with Crippen LogP contribution >= 0.6 is 24.0 Å². The maximum absolute atomic E-state index is 12.0. The summed E-state index contributed by atoms with van der Waals surface area (Å²) in [7, 11) is 0. The van der Waals surface area contributed by atoms with Gasteiger partial charge in [0.05, 0.1) is 6.61 Å². The molecule has 0 aromatic heterocycles. The fraction of sp³-hybridized carbons (Fsp3) is 0.364. The van der Waals surface area contributed by atoms with Crippen LogP contribution in [0.1, 0.15) is 28.4 Å². The first kappa shape index (κ1) is 23.0. The van der Waals surface area contributed by atoms with Gasteiger partial charge in [-0.2, -0.15) is 0 Å². The predicted octanol–water partition coefficient (Wildman–Crippen LogP) is 2.77. The van der Waals surface area contributed by atoms with Gasteiger partial charge in [0.15, 0.2) is 5.96 Å². The number of nitrogens with zero attached hydrogens (tertiary/aromatic N) is 1. The average Bonchev–Trinajstić information content (AvgIpc) is 3.19. The van der Waals surface area contributed by atoms with Crippen LogP contribution in [0.5, 0.6) is 5.75 Å². The van der Waals surface area contributed by atoms with E-state index in [0.29, 0.717) is 25.2 Å². The van der Waals surface area contributed by atoms with Crippen molar-refractivity contribution in [2.45, 2.75) is 19.8 Å². The first-order chi connectivity index (χ1) is 13.8. The molecule has 0 unspecified atom stereocenters. The molecule has 6 nitrogen and oxygen atoms in total. The van der Waals surface area contributed by atoms with Gasteiger partial charge in [-0.15, -0.1) is 24.0 Å². The zero-order valence-electron chi connectivity index (χ0n) is 16.7. The molecule has 1 heterocycles. The van der Waals surface area contributed by atoms with E-state index in [1.165, 1.54) is 11.1 Å². The van der Waals surface area contributed by atoms with Crippen LogP contribution in [-0.2, 0) is 12.8 Å². The number of hydrogen-bond donors (Lipinski definition) is 3. The zero-order chi connectivity index (χ0) is 19.6. The van der Waals surface area contributed by atoms with Gasteiger partial charge in [0.1, 0.15) is 5.75 Å². The Morgan fingerprint density at radius 3 is 2.66 bits per heavy atom. The highest BCUT2D eigenvalue weighted by Crippen LogP contribution is 2.25. The molecule has 3 rings (SSSR count). The van der Waals surface area contributed by atoms with E-state index in [0.717, 1.165) is 37.7 Å². The van der Waals surface area contributed by atoms with Crippen molar-refractivity contribution in [1.29, 1.82) is 0 Å². The third kappa shape index (κ3) is 7.23. The normalized spacial score (nSPS) is 12.4. The molecule has 0 fully saturated rings. The molecule has 3 N–H and O–H groups in total. The molecule has 0 bridgehead atoms. The fourth-order valence-electron chi connectivity index (χ4n) is 3.08. The minimum Gasteiger partial charge on any atom is -0.493 e. The van der Waals surface area contributed by atoms with Gasteiger partial charge in [0.25, 0.3) is 5.91 Å². The van der Waals surface area contributed by atoms with Crippen molar-refractivity contribution >= 4 is 35.8 Å². The van der Waals surface area contributed by atoms with Crippen molar-refractivity contribution in [2.75, 3.05) is 32.8 Å². The summed E-state index contributed by atoms with van der Waals surface area (Å²) in [5.74, 6) is 1.71. The topological polar surface area (TPSA) is 74.8 Å². The summed E-state index contributed by atoms with van der Waals surface area (Å²) in [5.41, 5.74) is 3.24. The molecule has 1 aliphatic heterocycles. The second-order valence-corrected chi connectivity index (χ2v) is 6.60. The Labute approximate surface area is 189 Å². The molecule has 0 atom stereocenters. The zero-order valence-corrected chi connectivity index (χ0v) is 19.1. The van der Waals surface area contributed by atoms with E-state index in [1.807, 2.05) is 25.1 Å². The molecular weight excluding hydrogens is 479 g/mol. The summed E-state index contributed by atoms with van der Waals surface area (Å²) < 4.78 is 5.55. The van der Waals surface area contributed by atoms with Gasteiger partial charge in [-0.25, -0.2) is 0 Å². The summed E-state index contributed by atoms with van der Waals surface area (Å²) in [6, 6.07) is 15.6. The number of fused-ring (bicyclic) bond motifs is 1. The van der Waals surface area contributed by atoms with Crippen LogP contribution in [0.2, 0.25) is 0 Å². The summed E-state index contributed by atoms with van der Waals surface area (Å²) >= 11 is 0. The number of carbonyl (C=O) groups excluding carboxylic acids is 1. The highest BCUT2D eigenvalue weighted by molar-refractivity contribution is 14.0. The van der Waals surface area contributed by atoms with Gasteiger partial charge in [-0.05, 0) is 42.7 Å². The lowest BCUT2D eigenvalue weighted by molar-refractivity contribution is 0.0954.